The topological polar surface area (TPSA) is 231 Å². The third-order valence-corrected chi connectivity index (χ3v) is 19.3. The molecule has 1 N–H and O–H groups in total. The Morgan fingerprint density at radius 3 is 1.10 bits per heavy atom. The Morgan fingerprint density at radius 2 is 0.726 bits per heavy atom. The Labute approximate surface area is 683 Å². The number of hydrogen-bond donors (Lipinski definition) is 1. The number of hydrogen-bond acceptors (Lipinski definition) is 17. The number of carbonyl (C=O) groups is 8. The maximum atomic E-state index is 12.6. The lowest BCUT2D eigenvalue weighted by atomic mass is 9.86. The summed E-state index contributed by atoms with van der Waals surface area (Å²) in [5.41, 5.74) is 8.56. The van der Waals surface area contributed by atoms with E-state index in [4.69, 9.17) is 63.1 Å². The Balaban J connectivity index is 0.000000607. The van der Waals surface area contributed by atoms with Gasteiger partial charge in [0.15, 0.2) is 0 Å². The van der Waals surface area contributed by atoms with E-state index >= 15 is 0 Å². The zero-order valence-corrected chi connectivity index (χ0v) is 70.9. The summed E-state index contributed by atoms with van der Waals surface area (Å²) in [6.07, 6.45) is 0.764. The lowest BCUT2D eigenvalue weighted by Crippen LogP contribution is -2.12. The monoisotopic (exact) mass is 1880 g/mol. The van der Waals surface area contributed by atoms with Crippen molar-refractivity contribution in [3.8, 4) is 0 Å². The first-order chi connectivity index (χ1) is 50.0. The van der Waals surface area contributed by atoms with Crippen LogP contribution in [0.4, 0.5) is 8.78 Å². The molecule has 0 aliphatic rings. The lowest BCUT2D eigenvalue weighted by Gasteiger charge is -2.19. The second kappa shape index (κ2) is 53.1. The minimum Gasteiger partial charge on any atom is -0.469 e. The highest BCUT2D eigenvalue weighted by Crippen LogP contribution is 2.32. The van der Waals surface area contributed by atoms with Crippen molar-refractivity contribution in [2.24, 2.45) is 0 Å². The Kier molecular flexibility index (Phi) is 48.7. The van der Waals surface area contributed by atoms with E-state index in [2.05, 4.69) is 138 Å². The number of esters is 8. The molecule has 0 saturated carbocycles. The minimum absolute atomic E-state index is 0.0263. The SMILES string of the molecule is COC(=O)C(Br)c1ccc(Br)cc1.COC(=O)C(Br)c1ccc(C(C)(C)C)cc1.COC(=O)C(Br)c1ccc(Cl)c(Cl)c1.COC(=O)C(Br)c1ccc(Cl)cc1.COC(=O)Cc1ccc(CO)cc1.COC(=O)Cc1ccc(Cl)cc1Cl.COC(=O)Cc1ccc(F)cc1.COC(=O)Cc1cccc(F)c1. The average molecular weight is 1890 g/mol. The van der Waals surface area contributed by atoms with Crippen LogP contribution in [0.15, 0.2) is 186 Å². The number of alkyl halides is 4. The fourth-order valence-electron chi connectivity index (χ4n) is 7.66. The van der Waals surface area contributed by atoms with Crippen molar-refractivity contribution in [3.63, 3.8) is 0 Å². The van der Waals surface area contributed by atoms with Crippen molar-refractivity contribution in [3.05, 3.63) is 279 Å². The molecule has 106 heavy (non-hydrogen) atoms. The lowest BCUT2D eigenvalue weighted by molar-refractivity contribution is -0.140. The Hall–Kier alpha value is -6.81. The molecule has 0 fully saturated rings. The van der Waals surface area contributed by atoms with Gasteiger partial charge in [-0.25, -0.2) is 8.78 Å². The van der Waals surface area contributed by atoms with Gasteiger partial charge in [0.2, 0.25) is 0 Å². The number of ether oxygens (including phenoxy) is 8. The molecule has 0 amide bonds. The van der Waals surface area contributed by atoms with Crippen LogP contribution in [-0.4, -0.2) is 110 Å². The molecule has 0 aliphatic heterocycles. The summed E-state index contributed by atoms with van der Waals surface area (Å²) < 4.78 is 62.3. The normalized spacial score (nSPS) is 11.2. The number of benzene rings is 8. The number of rotatable bonds is 17. The number of aliphatic hydroxyl groups excluding tert-OH is 1. The molecule has 8 aromatic carbocycles. The summed E-state index contributed by atoms with van der Waals surface area (Å²) in [4.78, 5) is 86.3. The molecule has 0 heterocycles. The molecule has 0 aromatic heterocycles. The van der Waals surface area contributed by atoms with Crippen LogP contribution in [0.1, 0.15) is 95.7 Å². The van der Waals surface area contributed by atoms with Crippen molar-refractivity contribution in [1.82, 2.24) is 0 Å². The highest BCUT2D eigenvalue weighted by Gasteiger charge is 2.22. The molecule has 0 spiro atoms. The van der Waals surface area contributed by atoms with E-state index in [0.29, 0.717) is 36.2 Å². The number of aliphatic hydroxyl groups is 1. The molecule has 0 radical (unpaired) electrons. The van der Waals surface area contributed by atoms with E-state index in [1.165, 1.54) is 86.7 Å². The van der Waals surface area contributed by atoms with Crippen LogP contribution in [-0.2, 0) is 114 Å². The van der Waals surface area contributed by atoms with Gasteiger partial charge >= 0.3 is 47.8 Å². The Morgan fingerprint density at radius 1 is 0.368 bits per heavy atom. The van der Waals surface area contributed by atoms with Gasteiger partial charge in [-0.1, -0.05) is 268 Å². The highest BCUT2D eigenvalue weighted by atomic mass is 79.9. The fourth-order valence-corrected chi connectivity index (χ4v) is 10.8. The standard InChI is InChI=1S/C13H17BrO2.C10H12O3.C9H8Br2O2.C9H7BrCl2O2.C9H8BrClO2.C9H8Cl2O2.2C9H9FO2/c1-13(2,3)10-7-5-9(6-8-10)11(14)12(15)16-4;1-13-10(12)6-8-2-4-9(7-11)5-3-8;1-13-9(12)8(11)6-2-4-7(10)5-3-6;1-14-9(13)8(10)5-2-3-6(11)7(12)4-5;1-13-9(12)8(10)6-2-4-7(11)5-3-6;1-13-9(12)4-6-2-3-7(10)5-8(6)11;1-12-9(11)6-7-2-4-8(10)5-3-7;1-12-9(11)6-7-3-2-4-8(10)5-7/h5-8,11H,1-4H3;2-5,11H,6-7H2,1H3;2-5,8H,1H3;2-4,8H,1H3;2-5,8H,1H3;2-3,5H,4H2,1H3;2*2-5H,6H2,1H3. The first-order valence-electron chi connectivity index (χ1n) is 30.9. The van der Waals surface area contributed by atoms with Gasteiger partial charge in [-0.3, -0.25) is 38.4 Å². The van der Waals surface area contributed by atoms with E-state index in [9.17, 15) is 47.1 Å². The molecular formula is C77H78Br5Cl5F2O17. The van der Waals surface area contributed by atoms with Gasteiger partial charge < -0.3 is 43.0 Å². The second-order valence-corrected chi connectivity index (χ2v) is 28.8. The van der Waals surface area contributed by atoms with Crippen molar-refractivity contribution in [2.45, 2.75) is 77.8 Å². The molecule has 4 atom stereocenters. The summed E-state index contributed by atoms with van der Waals surface area (Å²) in [5.74, 6) is -3.14. The van der Waals surface area contributed by atoms with Gasteiger partial charge in [0, 0.05) is 19.5 Å². The van der Waals surface area contributed by atoms with Crippen LogP contribution >= 0.6 is 138 Å². The van der Waals surface area contributed by atoms with Crippen LogP contribution in [0.2, 0.25) is 25.1 Å². The molecule has 8 aromatic rings. The zero-order valence-electron chi connectivity index (χ0n) is 59.2. The largest absolute Gasteiger partial charge is 0.469 e. The highest BCUT2D eigenvalue weighted by molar-refractivity contribution is 9.10. The van der Waals surface area contributed by atoms with Crippen LogP contribution in [0.3, 0.4) is 0 Å². The van der Waals surface area contributed by atoms with Gasteiger partial charge in [0.05, 0.1) is 99.2 Å². The molecular weight excluding hydrogens is 1810 g/mol. The molecule has 8 rings (SSSR count). The van der Waals surface area contributed by atoms with Crippen molar-refractivity contribution < 1.29 is 90.1 Å². The molecule has 0 aliphatic carbocycles. The fraction of sp³-hybridized carbons (Fsp3) is 0.273. The van der Waals surface area contributed by atoms with Gasteiger partial charge in [-0.2, -0.15) is 0 Å². The predicted octanol–water partition coefficient (Wildman–Crippen LogP) is 19.9. The molecule has 572 valence electrons. The minimum atomic E-state index is -0.512. The van der Waals surface area contributed by atoms with Crippen molar-refractivity contribution >= 4 is 185 Å². The van der Waals surface area contributed by atoms with E-state index in [0.717, 1.165) is 43.4 Å². The molecule has 0 saturated heterocycles. The first-order valence-corrected chi connectivity index (χ1v) is 37.2. The number of carbonyl (C=O) groups excluding carboxylic acids is 8. The van der Waals surface area contributed by atoms with Crippen molar-refractivity contribution in [1.29, 1.82) is 0 Å². The summed E-state index contributed by atoms with van der Waals surface area (Å²) in [7, 11) is 10.8. The van der Waals surface area contributed by atoms with E-state index in [-0.39, 0.29) is 107 Å². The van der Waals surface area contributed by atoms with Crippen LogP contribution in [0, 0.1) is 11.6 Å². The van der Waals surface area contributed by atoms with Gasteiger partial charge in [-0.15, -0.1) is 0 Å². The third-order valence-electron chi connectivity index (χ3n) is 13.6. The van der Waals surface area contributed by atoms with Gasteiger partial charge in [-0.05, 0) is 134 Å². The first kappa shape index (κ1) is 97.2. The molecule has 0 bridgehead atoms. The summed E-state index contributed by atoms with van der Waals surface area (Å²) in [6, 6.07) is 51.3. The van der Waals surface area contributed by atoms with Crippen LogP contribution in [0.5, 0.6) is 0 Å². The number of halogens is 12. The van der Waals surface area contributed by atoms with Crippen LogP contribution < -0.4 is 0 Å². The van der Waals surface area contributed by atoms with Gasteiger partial charge in [0.25, 0.3) is 0 Å². The predicted molar refractivity (Wildman–Crippen MR) is 426 cm³/mol. The van der Waals surface area contributed by atoms with Gasteiger partial charge in [0.1, 0.15) is 30.9 Å². The summed E-state index contributed by atoms with van der Waals surface area (Å²) in [6.45, 7) is 6.51. The Bertz CT molecular complexity index is 3960. The molecule has 4 unspecified atom stereocenters. The maximum Gasteiger partial charge on any atom is 0.323 e. The van der Waals surface area contributed by atoms with Crippen LogP contribution in [0.25, 0.3) is 0 Å². The molecule has 17 nitrogen and oxygen atoms in total. The summed E-state index contributed by atoms with van der Waals surface area (Å²) >= 11 is 45.0. The number of methoxy groups -OCH3 is 8. The zero-order chi connectivity index (χ0) is 80.2. The quantitative estimate of drug-likeness (QED) is 0.0507. The third kappa shape index (κ3) is 39.3. The molecule has 29 heteroatoms. The van der Waals surface area contributed by atoms with Crippen molar-refractivity contribution in [2.75, 3.05) is 56.9 Å². The average Bonchev–Trinajstić information content (AvgIpc) is 0.885. The smallest absolute Gasteiger partial charge is 0.323 e. The second-order valence-electron chi connectivity index (χ2n) is 22.2. The van der Waals surface area contributed by atoms with E-state index < -0.39 is 9.65 Å². The van der Waals surface area contributed by atoms with E-state index in [1.54, 1.807) is 97.1 Å². The summed E-state index contributed by atoms with van der Waals surface area (Å²) in [5, 5.41) is 11.3. The van der Waals surface area contributed by atoms with E-state index in [1.807, 2.05) is 60.7 Å². The maximum absolute atomic E-state index is 12.6.